The normalized spacial score (nSPS) is 12.7. The van der Waals surface area contributed by atoms with Gasteiger partial charge >= 0.3 is 0 Å². The topological polar surface area (TPSA) is 72.0 Å². The molecule has 15 heavy (non-hydrogen) atoms. The third-order valence-electron chi connectivity index (χ3n) is 2.11. The third kappa shape index (κ3) is 3.35. The fourth-order valence-corrected chi connectivity index (χ4v) is 2.23. The van der Waals surface area contributed by atoms with E-state index >= 15 is 0 Å². The summed E-state index contributed by atoms with van der Waals surface area (Å²) in [5, 5.41) is 9.86. The molecule has 1 aromatic heterocycles. The lowest BCUT2D eigenvalue weighted by molar-refractivity contribution is 0.250. The summed E-state index contributed by atoms with van der Waals surface area (Å²) in [5.41, 5.74) is 6.76. The smallest absolute Gasteiger partial charge is 0.131 e. The maximum atomic E-state index is 8.92. The highest BCUT2D eigenvalue weighted by molar-refractivity contribution is 7.99. The summed E-state index contributed by atoms with van der Waals surface area (Å²) in [7, 11) is 0. The highest BCUT2D eigenvalue weighted by Gasteiger charge is 2.09. The van der Waals surface area contributed by atoms with Crippen LogP contribution >= 0.6 is 11.8 Å². The zero-order valence-corrected chi connectivity index (χ0v) is 9.92. The molecule has 0 saturated heterocycles. The van der Waals surface area contributed by atoms with Gasteiger partial charge in [-0.1, -0.05) is 13.8 Å². The molecule has 3 N–H and O–H groups in total. The molecule has 84 valence electrons. The average Bonchev–Trinajstić information content (AvgIpc) is 2.25. The van der Waals surface area contributed by atoms with Gasteiger partial charge in [0.15, 0.2) is 0 Å². The molecule has 1 atom stereocenters. The van der Waals surface area contributed by atoms with Crippen molar-refractivity contribution < 1.29 is 5.11 Å². The predicted molar refractivity (Wildman–Crippen MR) is 62.8 cm³/mol. The number of hydrogen-bond acceptors (Lipinski definition) is 5. The minimum Gasteiger partial charge on any atom is -0.396 e. The number of aliphatic hydroxyl groups is 1. The summed E-state index contributed by atoms with van der Waals surface area (Å²) < 4.78 is 0. The van der Waals surface area contributed by atoms with E-state index < -0.39 is 0 Å². The van der Waals surface area contributed by atoms with Crippen molar-refractivity contribution in [1.29, 1.82) is 0 Å². The van der Waals surface area contributed by atoms with Gasteiger partial charge in [-0.2, -0.15) is 0 Å². The van der Waals surface area contributed by atoms with E-state index in [1.165, 1.54) is 6.33 Å². The molecule has 0 aromatic carbocycles. The van der Waals surface area contributed by atoms with Crippen LogP contribution in [-0.2, 0) is 6.42 Å². The Morgan fingerprint density at radius 2 is 2.27 bits per heavy atom. The fraction of sp³-hybridized carbons (Fsp3) is 0.600. The molecule has 0 fully saturated rings. The van der Waals surface area contributed by atoms with Gasteiger partial charge < -0.3 is 10.8 Å². The molecule has 0 bridgehead atoms. The Morgan fingerprint density at radius 1 is 1.53 bits per heavy atom. The highest BCUT2D eigenvalue weighted by Crippen LogP contribution is 2.25. The standard InChI is InChI=1S/C10H17N3OS/c1-3-8-9(11)12-6-13-10(8)15-5-7(2)4-14/h6-7,14H,3-5H2,1-2H3,(H2,11,12,13). The molecule has 0 saturated carbocycles. The minimum atomic E-state index is 0.203. The van der Waals surface area contributed by atoms with Crippen molar-refractivity contribution in [3.63, 3.8) is 0 Å². The Bertz CT molecular complexity index is 320. The Kier molecular flexibility index (Phi) is 4.84. The predicted octanol–water partition coefficient (Wildman–Crippen LogP) is 1.34. The van der Waals surface area contributed by atoms with E-state index in [0.29, 0.717) is 5.82 Å². The van der Waals surface area contributed by atoms with Gasteiger partial charge in [0.1, 0.15) is 17.2 Å². The number of aromatic nitrogens is 2. The van der Waals surface area contributed by atoms with E-state index in [4.69, 9.17) is 10.8 Å². The molecule has 1 unspecified atom stereocenters. The second-order valence-electron chi connectivity index (χ2n) is 3.49. The van der Waals surface area contributed by atoms with Crippen molar-refractivity contribution in [2.24, 2.45) is 5.92 Å². The third-order valence-corrected chi connectivity index (χ3v) is 3.47. The van der Waals surface area contributed by atoms with Crippen molar-refractivity contribution in [3.05, 3.63) is 11.9 Å². The number of rotatable bonds is 5. The van der Waals surface area contributed by atoms with Gasteiger partial charge in [0.2, 0.25) is 0 Å². The van der Waals surface area contributed by atoms with E-state index in [1.807, 2.05) is 13.8 Å². The Labute approximate surface area is 94.3 Å². The van der Waals surface area contributed by atoms with Crippen LogP contribution < -0.4 is 5.73 Å². The van der Waals surface area contributed by atoms with Crippen molar-refractivity contribution in [2.45, 2.75) is 25.3 Å². The summed E-state index contributed by atoms with van der Waals surface area (Å²) in [6, 6.07) is 0. The summed E-state index contributed by atoms with van der Waals surface area (Å²) in [5.74, 6) is 1.68. The van der Waals surface area contributed by atoms with Gasteiger partial charge in [0.05, 0.1) is 0 Å². The van der Waals surface area contributed by atoms with Crippen LogP contribution in [-0.4, -0.2) is 27.4 Å². The lowest BCUT2D eigenvalue weighted by Crippen LogP contribution is -2.06. The van der Waals surface area contributed by atoms with Crippen LogP contribution in [0.15, 0.2) is 11.4 Å². The average molecular weight is 227 g/mol. The molecule has 5 heteroatoms. The SMILES string of the molecule is CCc1c(N)ncnc1SCC(C)CO. The van der Waals surface area contributed by atoms with Crippen LogP contribution in [0.1, 0.15) is 19.4 Å². The number of nitrogens with two attached hydrogens (primary N) is 1. The van der Waals surface area contributed by atoms with E-state index in [-0.39, 0.29) is 12.5 Å². The maximum absolute atomic E-state index is 8.92. The molecule has 1 heterocycles. The van der Waals surface area contributed by atoms with Crippen molar-refractivity contribution in [1.82, 2.24) is 9.97 Å². The van der Waals surface area contributed by atoms with Gasteiger partial charge in [-0.05, 0) is 12.3 Å². The van der Waals surface area contributed by atoms with E-state index in [2.05, 4.69) is 9.97 Å². The Balaban J connectivity index is 2.72. The zero-order valence-electron chi connectivity index (χ0n) is 9.10. The number of hydrogen-bond donors (Lipinski definition) is 2. The van der Waals surface area contributed by atoms with Crippen LogP contribution in [0, 0.1) is 5.92 Å². The first-order valence-corrected chi connectivity index (χ1v) is 6.00. The lowest BCUT2D eigenvalue weighted by Gasteiger charge is -2.10. The fourth-order valence-electron chi connectivity index (χ4n) is 1.14. The monoisotopic (exact) mass is 227 g/mol. The molecule has 1 rings (SSSR count). The molecule has 0 spiro atoms. The molecule has 0 aliphatic heterocycles. The first-order valence-electron chi connectivity index (χ1n) is 5.02. The second kappa shape index (κ2) is 5.92. The molecule has 0 radical (unpaired) electrons. The summed E-state index contributed by atoms with van der Waals surface area (Å²) in [4.78, 5) is 8.17. The molecular weight excluding hydrogens is 210 g/mol. The summed E-state index contributed by atoms with van der Waals surface area (Å²) in [6.07, 6.45) is 2.32. The highest BCUT2D eigenvalue weighted by atomic mass is 32.2. The van der Waals surface area contributed by atoms with Gasteiger partial charge in [-0.15, -0.1) is 11.8 Å². The zero-order chi connectivity index (χ0) is 11.3. The molecular formula is C10H17N3OS. The second-order valence-corrected chi connectivity index (χ2v) is 4.50. The summed E-state index contributed by atoms with van der Waals surface area (Å²) >= 11 is 1.63. The number of aliphatic hydroxyl groups excluding tert-OH is 1. The van der Waals surface area contributed by atoms with E-state index in [0.717, 1.165) is 22.8 Å². The number of thioether (sulfide) groups is 1. The number of nitrogens with zero attached hydrogens (tertiary/aromatic N) is 2. The van der Waals surface area contributed by atoms with Crippen LogP contribution in [0.25, 0.3) is 0 Å². The van der Waals surface area contributed by atoms with Crippen molar-refractivity contribution in [3.8, 4) is 0 Å². The van der Waals surface area contributed by atoms with Crippen LogP contribution in [0.2, 0.25) is 0 Å². The number of nitrogen functional groups attached to an aromatic ring is 1. The van der Waals surface area contributed by atoms with Gasteiger partial charge in [0.25, 0.3) is 0 Å². The number of anilines is 1. The lowest BCUT2D eigenvalue weighted by atomic mass is 10.2. The van der Waals surface area contributed by atoms with Crippen LogP contribution in [0.3, 0.4) is 0 Å². The van der Waals surface area contributed by atoms with Crippen molar-refractivity contribution >= 4 is 17.6 Å². The van der Waals surface area contributed by atoms with Crippen LogP contribution in [0.4, 0.5) is 5.82 Å². The quantitative estimate of drug-likeness (QED) is 0.586. The van der Waals surface area contributed by atoms with Gasteiger partial charge in [-0.3, -0.25) is 0 Å². The van der Waals surface area contributed by atoms with Crippen LogP contribution in [0.5, 0.6) is 0 Å². The Hall–Kier alpha value is -0.810. The molecule has 4 nitrogen and oxygen atoms in total. The first-order chi connectivity index (χ1) is 7.19. The Morgan fingerprint density at radius 3 is 2.87 bits per heavy atom. The first kappa shape index (κ1) is 12.3. The molecule has 0 aliphatic rings. The molecule has 0 aliphatic carbocycles. The maximum Gasteiger partial charge on any atom is 0.131 e. The minimum absolute atomic E-state index is 0.203. The van der Waals surface area contributed by atoms with Crippen molar-refractivity contribution in [2.75, 3.05) is 18.1 Å². The van der Waals surface area contributed by atoms with Gasteiger partial charge in [-0.25, -0.2) is 9.97 Å². The largest absolute Gasteiger partial charge is 0.396 e. The van der Waals surface area contributed by atoms with Gasteiger partial charge in [0, 0.05) is 17.9 Å². The summed E-state index contributed by atoms with van der Waals surface area (Å²) in [6.45, 7) is 4.24. The molecule has 1 aromatic rings. The van der Waals surface area contributed by atoms with E-state index in [1.54, 1.807) is 11.8 Å². The molecule has 0 amide bonds. The van der Waals surface area contributed by atoms with E-state index in [9.17, 15) is 0 Å².